The van der Waals surface area contributed by atoms with Crippen molar-refractivity contribution in [3.8, 4) is 22.8 Å². The molecule has 4 rings (SSSR count). The molecule has 51 heavy (non-hydrogen) atoms. The number of rotatable bonds is 18. The fourth-order valence-electron chi connectivity index (χ4n) is 5.74. The summed E-state index contributed by atoms with van der Waals surface area (Å²) < 4.78 is 28.7. The lowest BCUT2D eigenvalue weighted by Crippen LogP contribution is -2.49. The van der Waals surface area contributed by atoms with Crippen molar-refractivity contribution in [2.24, 2.45) is 5.92 Å². The number of unbranched alkanes of at least 4 members (excludes halogenated alkanes) is 2. The number of carbonyl (C=O) groups is 4. The fourth-order valence-corrected chi connectivity index (χ4v) is 6.35. The van der Waals surface area contributed by atoms with Crippen LogP contribution in [-0.4, -0.2) is 78.6 Å². The van der Waals surface area contributed by atoms with Crippen LogP contribution >= 0.6 is 7.60 Å². The van der Waals surface area contributed by atoms with Gasteiger partial charge in [-0.15, -0.1) is 0 Å². The number of carbonyl (C=O) groups excluding carboxylic acids is 4. The molecule has 2 aromatic carbocycles. The summed E-state index contributed by atoms with van der Waals surface area (Å²) in [5.41, 5.74) is 1.30. The lowest BCUT2D eigenvalue weighted by Gasteiger charge is -2.32. The zero-order chi connectivity index (χ0) is 37.1. The number of furan rings is 1. The van der Waals surface area contributed by atoms with E-state index in [1.807, 2.05) is 18.9 Å². The molecule has 0 aliphatic carbocycles. The van der Waals surface area contributed by atoms with Crippen molar-refractivity contribution in [3.05, 3.63) is 59.9 Å². The van der Waals surface area contributed by atoms with Gasteiger partial charge in [0.25, 0.3) is 5.91 Å². The van der Waals surface area contributed by atoms with Gasteiger partial charge in [0.2, 0.25) is 12.3 Å². The van der Waals surface area contributed by atoms with Gasteiger partial charge in [-0.25, -0.2) is 4.79 Å². The number of benzene rings is 2. The molecule has 4 N–H and O–H groups in total. The standard InChI is InChI=1S/C35H45N4O11P/c1-5-8-9-10-27(28(6-2)39(22-40)50-35(43)23-11-12-29-32(19-23)48-16-15-38(29)4)33(41)36-21-37-34(42)31-14-13-30(49-31)24-17-25(47-7-3)20-26(18-24)51(44,45)46/h11-14,17-20,22,27-28H,5-10,15-16,21H2,1-4H3,(H,36,41)(H,37,42)(H2,44,45,46)/t27?,28-/m1/s1. The minimum Gasteiger partial charge on any atom is -0.494 e. The van der Waals surface area contributed by atoms with Crippen molar-refractivity contribution in [3.63, 3.8) is 0 Å². The van der Waals surface area contributed by atoms with E-state index >= 15 is 0 Å². The van der Waals surface area contributed by atoms with E-state index in [9.17, 15) is 33.5 Å². The molecule has 3 amide bonds. The van der Waals surface area contributed by atoms with E-state index in [-0.39, 0.29) is 41.4 Å². The highest BCUT2D eigenvalue weighted by molar-refractivity contribution is 7.60. The topological polar surface area (TPSA) is 197 Å². The Morgan fingerprint density at radius 3 is 2.53 bits per heavy atom. The summed E-state index contributed by atoms with van der Waals surface area (Å²) in [6.07, 6.45) is 3.49. The Balaban J connectivity index is 1.42. The van der Waals surface area contributed by atoms with Gasteiger partial charge in [0.15, 0.2) is 5.76 Å². The molecule has 16 heteroatoms. The van der Waals surface area contributed by atoms with Gasteiger partial charge < -0.3 is 44.0 Å². The van der Waals surface area contributed by atoms with Gasteiger partial charge in [-0.05, 0) is 68.3 Å². The summed E-state index contributed by atoms with van der Waals surface area (Å²) in [4.78, 5) is 78.8. The van der Waals surface area contributed by atoms with Crippen LogP contribution in [0.25, 0.3) is 11.3 Å². The van der Waals surface area contributed by atoms with Gasteiger partial charge in [0, 0.05) is 12.6 Å². The molecule has 3 aromatic rings. The summed E-state index contributed by atoms with van der Waals surface area (Å²) in [7, 11) is -2.69. The number of hydrogen-bond donors (Lipinski definition) is 4. The Labute approximate surface area is 296 Å². The molecule has 0 saturated carbocycles. The fraction of sp³-hybridized carbons (Fsp3) is 0.429. The van der Waals surface area contributed by atoms with E-state index in [2.05, 4.69) is 10.6 Å². The zero-order valence-electron chi connectivity index (χ0n) is 29.1. The molecule has 0 saturated heterocycles. The van der Waals surface area contributed by atoms with Gasteiger partial charge in [-0.1, -0.05) is 33.1 Å². The van der Waals surface area contributed by atoms with Crippen LogP contribution in [0.3, 0.4) is 0 Å². The van der Waals surface area contributed by atoms with Gasteiger partial charge in [-0.3, -0.25) is 18.9 Å². The van der Waals surface area contributed by atoms with E-state index in [1.165, 1.54) is 30.3 Å². The van der Waals surface area contributed by atoms with Crippen LogP contribution in [-0.2, 0) is 19.0 Å². The second kappa shape index (κ2) is 17.9. The summed E-state index contributed by atoms with van der Waals surface area (Å²) in [6.45, 7) is 6.69. The van der Waals surface area contributed by atoms with Crippen LogP contribution in [0.2, 0.25) is 0 Å². The molecule has 0 fully saturated rings. The third kappa shape index (κ3) is 10.1. The number of fused-ring (bicyclic) bond motifs is 1. The number of hydrogen-bond acceptors (Lipinski definition) is 10. The highest BCUT2D eigenvalue weighted by Gasteiger charge is 2.34. The largest absolute Gasteiger partial charge is 0.494 e. The molecule has 1 unspecified atom stereocenters. The van der Waals surface area contributed by atoms with Crippen LogP contribution in [0, 0.1) is 5.92 Å². The first kappa shape index (κ1) is 38.9. The van der Waals surface area contributed by atoms with Crippen LogP contribution < -0.4 is 30.3 Å². The molecular weight excluding hydrogens is 683 g/mol. The van der Waals surface area contributed by atoms with Crippen molar-refractivity contribution in [1.82, 2.24) is 15.7 Å². The molecule has 1 aromatic heterocycles. The lowest BCUT2D eigenvalue weighted by atomic mass is 9.90. The molecule has 2 atom stereocenters. The second-order valence-corrected chi connectivity index (χ2v) is 13.6. The highest BCUT2D eigenvalue weighted by atomic mass is 31.2. The zero-order valence-corrected chi connectivity index (χ0v) is 30.0. The summed E-state index contributed by atoms with van der Waals surface area (Å²) in [5.74, 6) is -1.85. The van der Waals surface area contributed by atoms with E-state index in [0.717, 1.165) is 23.6 Å². The summed E-state index contributed by atoms with van der Waals surface area (Å²) in [6, 6.07) is 11.0. The molecular formula is C35H45N4O11P. The average molecular weight is 729 g/mol. The number of hydroxylamine groups is 2. The highest BCUT2D eigenvalue weighted by Crippen LogP contribution is 2.37. The minimum atomic E-state index is -4.61. The maximum Gasteiger partial charge on any atom is 0.363 e. The molecule has 0 spiro atoms. The molecule has 0 bridgehead atoms. The van der Waals surface area contributed by atoms with E-state index in [4.69, 9.17) is 18.7 Å². The lowest BCUT2D eigenvalue weighted by molar-refractivity contribution is -0.171. The SMILES string of the molecule is CCCCCC(C(=O)NCNC(=O)c1ccc(-c2cc(OCC)cc(P(=O)(O)O)c2)o1)[C@@H](CC)N(C=O)OC(=O)c1ccc2c(c1)OCCN2C. The Morgan fingerprint density at radius 2 is 1.84 bits per heavy atom. The first-order valence-corrected chi connectivity index (χ1v) is 18.4. The van der Waals surface area contributed by atoms with Crippen molar-refractivity contribution in [2.45, 2.75) is 58.9 Å². The van der Waals surface area contributed by atoms with Crippen LogP contribution in [0.1, 0.15) is 73.8 Å². The Morgan fingerprint density at radius 1 is 1.06 bits per heavy atom. The molecule has 1 aliphatic rings. The van der Waals surface area contributed by atoms with Crippen LogP contribution in [0.15, 0.2) is 52.9 Å². The van der Waals surface area contributed by atoms with Crippen molar-refractivity contribution >= 4 is 42.8 Å². The summed E-state index contributed by atoms with van der Waals surface area (Å²) >= 11 is 0. The molecule has 2 heterocycles. The normalized spacial score (nSPS) is 13.6. The monoisotopic (exact) mass is 728 g/mol. The van der Waals surface area contributed by atoms with E-state index < -0.39 is 37.3 Å². The maximum atomic E-state index is 13.5. The van der Waals surface area contributed by atoms with Crippen molar-refractivity contribution < 1.29 is 52.3 Å². The first-order valence-electron chi connectivity index (χ1n) is 16.8. The predicted molar refractivity (Wildman–Crippen MR) is 188 cm³/mol. The quantitative estimate of drug-likeness (QED) is 0.0484. The molecule has 1 aliphatic heterocycles. The van der Waals surface area contributed by atoms with Gasteiger partial charge >= 0.3 is 13.6 Å². The third-order valence-corrected chi connectivity index (χ3v) is 9.34. The maximum absolute atomic E-state index is 13.5. The van der Waals surface area contributed by atoms with Crippen molar-refractivity contribution in [2.75, 3.05) is 38.4 Å². The Kier molecular flexibility index (Phi) is 13.7. The average Bonchev–Trinajstić information content (AvgIpc) is 3.61. The van der Waals surface area contributed by atoms with Crippen molar-refractivity contribution in [1.29, 1.82) is 0 Å². The minimum absolute atomic E-state index is 0.108. The van der Waals surface area contributed by atoms with E-state index in [0.29, 0.717) is 50.1 Å². The number of anilines is 1. The van der Waals surface area contributed by atoms with Gasteiger partial charge in [0.1, 0.15) is 23.9 Å². The summed E-state index contributed by atoms with van der Waals surface area (Å²) in [5, 5.41) is 5.87. The molecule has 15 nitrogen and oxygen atoms in total. The van der Waals surface area contributed by atoms with Crippen LogP contribution in [0.4, 0.5) is 5.69 Å². The number of nitrogens with zero attached hydrogens (tertiary/aromatic N) is 2. The van der Waals surface area contributed by atoms with E-state index in [1.54, 1.807) is 32.0 Å². The van der Waals surface area contributed by atoms with Gasteiger partial charge in [0.05, 0.1) is 48.3 Å². The number of amides is 3. The van der Waals surface area contributed by atoms with Gasteiger partial charge in [-0.2, -0.15) is 5.06 Å². The smallest absolute Gasteiger partial charge is 0.363 e. The first-order chi connectivity index (χ1) is 24.4. The Bertz CT molecular complexity index is 1740. The predicted octanol–water partition coefficient (Wildman–Crippen LogP) is 3.99. The Hall–Kier alpha value is -4.85. The number of ether oxygens (including phenoxy) is 2. The molecule has 276 valence electrons. The second-order valence-electron chi connectivity index (χ2n) is 12.0. The number of likely N-dealkylation sites (N-methyl/N-ethyl adjacent to an activating group) is 1. The molecule has 0 radical (unpaired) electrons. The van der Waals surface area contributed by atoms with Crippen LogP contribution in [0.5, 0.6) is 11.5 Å². The number of nitrogens with one attached hydrogen (secondary N) is 2. The third-order valence-electron chi connectivity index (χ3n) is 8.41.